The number of halogens is 6. The topological polar surface area (TPSA) is 116 Å². The lowest BCUT2D eigenvalue weighted by atomic mass is 9.95. The minimum Gasteiger partial charge on any atom is -0.389 e. The number of pyridine rings is 1. The summed E-state index contributed by atoms with van der Waals surface area (Å²) in [4.78, 5) is 35.0. The average Bonchev–Trinajstić information content (AvgIpc) is 3.41. The number of nitrogens with one attached hydrogen (secondary N) is 1. The fraction of sp³-hybridized carbons (Fsp3) is 0.565. The van der Waals surface area contributed by atoms with E-state index in [0.29, 0.717) is 43.0 Å². The highest BCUT2D eigenvalue weighted by Gasteiger charge is 2.72. The van der Waals surface area contributed by atoms with Crippen LogP contribution in [0.1, 0.15) is 65.2 Å². The number of carbonyl (C=O) groups excluding carboxylic acids is 2. The highest BCUT2D eigenvalue weighted by molar-refractivity contribution is 7.17. The van der Waals surface area contributed by atoms with Crippen LogP contribution < -0.4 is 5.32 Å². The maximum absolute atomic E-state index is 13.3. The number of likely N-dealkylation sites (tertiary alicyclic amines) is 1. The van der Waals surface area contributed by atoms with E-state index in [4.69, 9.17) is 0 Å². The molecule has 0 bridgehead atoms. The van der Waals surface area contributed by atoms with E-state index in [9.17, 15) is 46.1 Å². The van der Waals surface area contributed by atoms with Gasteiger partial charge in [-0.2, -0.15) is 26.3 Å². The molecular weight excluding hydrogens is 542 g/mol. The molecule has 15 heteroatoms. The summed E-state index contributed by atoms with van der Waals surface area (Å²) in [6, 6.07) is 0.288. The molecule has 2 amide bonds. The summed E-state index contributed by atoms with van der Waals surface area (Å²) < 4.78 is 80.0. The predicted molar refractivity (Wildman–Crippen MR) is 124 cm³/mol. The van der Waals surface area contributed by atoms with Gasteiger partial charge in [-0.1, -0.05) is 0 Å². The van der Waals surface area contributed by atoms with Crippen molar-refractivity contribution in [1.29, 1.82) is 0 Å². The molecule has 0 aromatic carbocycles. The molecule has 1 aliphatic heterocycles. The minimum atomic E-state index is -6.12. The summed E-state index contributed by atoms with van der Waals surface area (Å²) in [6.07, 6.45) is -10.1. The Balaban J connectivity index is 2.12. The molecule has 0 saturated carbocycles. The van der Waals surface area contributed by atoms with Crippen molar-refractivity contribution < 1.29 is 46.1 Å². The lowest BCUT2D eigenvalue weighted by Gasteiger charge is -2.32. The van der Waals surface area contributed by atoms with Crippen LogP contribution in [-0.4, -0.2) is 74.0 Å². The molecule has 8 nitrogen and oxygen atoms in total. The highest BCUT2D eigenvalue weighted by Crippen LogP contribution is 2.50. The zero-order chi connectivity index (χ0) is 28.8. The Labute approximate surface area is 217 Å². The van der Waals surface area contributed by atoms with Crippen LogP contribution >= 0.6 is 11.3 Å². The van der Waals surface area contributed by atoms with Crippen LogP contribution in [-0.2, 0) is 5.60 Å². The van der Waals surface area contributed by atoms with Gasteiger partial charge in [-0.05, 0) is 52.2 Å². The van der Waals surface area contributed by atoms with E-state index in [1.54, 1.807) is 0 Å². The number of thiazole rings is 1. The molecule has 3 N–H and O–H groups in total. The number of hydrogen-bond acceptors (Lipinski definition) is 7. The number of amides is 2. The van der Waals surface area contributed by atoms with Gasteiger partial charge in [0, 0.05) is 30.9 Å². The zero-order valence-corrected chi connectivity index (χ0v) is 21.6. The summed E-state index contributed by atoms with van der Waals surface area (Å²) in [5.74, 6) is -1.30. The molecule has 210 valence electrons. The van der Waals surface area contributed by atoms with Gasteiger partial charge in [0.2, 0.25) is 0 Å². The van der Waals surface area contributed by atoms with Gasteiger partial charge >= 0.3 is 12.4 Å². The van der Waals surface area contributed by atoms with Gasteiger partial charge in [-0.3, -0.25) is 14.6 Å². The Kier molecular flexibility index (Phi) is 7.89. The Morgan fingerprint density at radius 1 is 1.16 bits per heavy atom. The normalized spacial score (nSPS) is 17.2. The Morgan fingerprint density at radius 2 is 1.76 bits per heavy atom. The first kappa shape index (κ1) is 29.8. The van der Waals surface area contributed by atoms with E-state index < -0.39 is 41.1 Å². The molecule has 0 spiro atoms. The second-order valence-corrected chi connectivity index (χ2v) is 10.8. The van der Waals surface area contributed by atoms with E-state index in [2.05, 4.69) is 15.3 Å². The summed E-state index contributed by atoms with van der Waals surface area (Å²) in [6.45, 7) is 6.14. The summed E-state index contributed by atoms with van der Waals surface area (Å²) in [7, 11) is 0. The molecule has 38 heavy (non-hydrogen) atoms. The van der Waals surface area contributed by atoms with E-state index in [-0.39, 0.29) is 39.3 Å². The Bertz CT molecular complexity index is 1210. The SMILES string of the molecule is Cc1cc(C(O)(C(F)(F)F)C(F)(F)F)ncc1-c1sc(C(=O)NCC(C)(C)O)nc1C(=O)N1CCCC1C. The van der Waals surface area contributed by atoms with Crippen molar-refractivity contribution in [3.63, 3.8) is 0 Å². The lowest BCUT2D eigenvalue weighted by Crippen LogP contribution is -2.54. The van der Waals surface area contributed by atoms with Crippen LogP contribution in [0.4, 0.5) is 26.3 Å². The van der Waals surface area contributed by atoms with Crippen molar-refractivity contribution in [1.82, 2.24) is 20.2 Å². The molecule has 1 unspecified atom stereocenters. The van der Waals surface area contributed by atoms with Crippen LogP contribution in [0, 0.1) is 6.92 Å². The first-order valence-corrected chi connectivity index (χ1v) is 12.2. The van der Waals surface area contributed by atoms with E-state index in [1.165, 1.54) is 25.7 Å². The van der Waals surface area contributed by atoms with Gasteiger partial charge in [0.25, 0.3) is 17.4 Å². The van der Waals surface area contributed by atoms with Crippen LogP contribution in [0.25, 0.3) is 10.4 Å². The van der Waals surface area contributed by atoms with Crippen LogP contribution in [0.5, 0.6) is 0 Å². The molecule has 2 aromatic heterocycles. The number of aromatic nitrogens is 2. The summed E-state index contributed by atoms with van der Waals surface area (Å²) >= 11 is 0.699. The third-order valence-corrected chi connectivity index (χ3v) is 7.15. The molecule has 1 atom stereocenters. The number of hydrogen-bond donors (Lipinski definition) is 3. The molecule has 0 aliphatic carbocycles. The maximum Gasteiger partial charge on any atom is 0.432 e. The maximum atomic E-state index is 13.3. The molecule has 3 heterocycles. The third-order valence-electron chi connectivity index (χ3n) is 6.07. The first-order chi connectivity index (χ1) is 17.3. The molecule has 0 radical (unpaired) electrons. The monoisotopic (exact) mass is 568 g/mol. The molecule has 1 fully saturated rings. The van der Waals surface area contributed by atoms with Crippen molar-refractivity contribution >= 4 is 23.2 Å². The third kappa shape index (κ3) is 5.64. The van der Waals surface area contributed by atoms with Gasteiger partial charge in [0.1, 0.15) is 5.69 Å². The molecule has 3 rings (SSSR count). The second kappa shape index (κ2) is 10.1. The van der Waals surface area contributed by atoms with Crippen molar-refractivity contribution in [2.45, 2.75) is 70.1 Å². The average molecular weight is 569 g/mol. The Morgan fingerprint density at radius 3 is 2.24 bits per heavy atom. The van der Waals surface area contributed by atoms with Gasteiger partial charge < -0.3 is 20.4 Å². The van der Waals surface area contributed by atoms with Crippen molar-refractivity contribution in [3.05, 3.63) is 34.2 Å². The van der Waals surface area contributed by atoms with E-state index >= 15 is 0 Å². The number of carbonyl (C=O) groups is 2. The van der Waals surface area contributed by atoms with E-state index in [0.717, 1.165) is 0 Å². The largest absolute Gasteiger partial charge is 0.432 e. The highest BCUT2D eigenvalue weighted by atomic mass is 32.1. The van der Waals surface area contributed by atoms with Gasteiger partial charge in [-0.25, -0.2) is 4.98 Å². The van der Waals surface area contributed by atoms with Crippen LogP contribution in [0.3, 0.4) is 0 Å². The smallest absolute Gasteiger partial charge is 0.389 e. The standard InChI is InChI=1S/C23H26F6N4O4S/c1-11-8-14(21(37,22(24,25)26)23(27,28)29)30-9-13(11)16-15(19(35)33-7-5-6-12(33)2)32-18(38-16)17(34)31-10-20(3,4)36/h8-9,12,36-37H,5-7,10H2,1-4H3,(H,31,34). The molecule has 1 aliphatic rings. The summed E-state index contributed by atoms with van der Waals surface area (Å²) in [5.41, 5.74) is -8.58. The zero-order valence-electron chi connectivity index (χ0n) is 20.8. The van der Waals surface area contributed by atoms with Crippen LogP contribution in [0.15, 0.2) is 12.3 Å². The van der Waals surface area contributed by atoms with Crippen molar-refractivity contribution in [2.75, 3.05) is 13.1 Å². The Hall–Kier alpha value is -2.78. The fourth-order valence-corrected chi connectivity index (χ4v) is 4.98. The second-order valence-electron chi connectivity index (χ2n) is 9.77. The number of aliphatic hydroxyl groups is 2. The number of rotatable bonds is 6. The van der Waals surface area contributed by atoms with Crippen LogP contribution in [0.2, 0.25) is 0 Å². The fourth-order valence-electron chi connectivity index (χ4n) is 3.93. The predicted octanol–water partition coefficient (Wildman–Crippen LogP) is 3.95. The van der Waals surface area contributed by atoms with E-state index in [1.807, 2.05) is 6.92 Å². The minimum absolute atomic E-state index is 0.0154. The molecular formula is C23H26F6N4O4S. The van der Waals surface area contributed by atoms with Gasteiger partial charge in [-0.15, -0.1) is 11.3 Å². The van der Waals surface area contributed by atoms with Crippen molar-refractivity contribution in [3.8, 4) is 10.4 Å². The van der Waals surface area contributed by atoms with Crippen molar-refractivity contribution in [2.24, 2.45) is 0 Å². The lowest BCUT2D eigenvalue weighted by molar-refractivity contribution is -0.377. The number of alkyl halides is 6. The molecule has 2 aromatic rings. The van der Waals surface area contributed by atoms with Gasteiger partial charge in [0.05, 0.1) is 16.2 Å². The molecule has 1 saturated heterocycles. The number of nitrogens with zero attached hydrogens (tertiary/aromatic N) is 3. The first-order valence-electron chi connectivity index (χ1n) is 11.4. The summed E-state index contributed by atoms with van der Waals surface area (Å²) in [5, 5.41) is 21.8. The van der Waals surface area contributed by atoms with Gasteiger partial charge in [0.15, 0.2) is 5.01 Å². The number of aryl methyl sites for hydroxylation is 1. The quantitative estimate of drug-likeness (QED) is 0.455.